The van der Waals surface area contributed by atoms with Crippen LogP contribution < -0.4 is 10.6 Å². The van der Waals surface area contributed by atoms with Crippen LogP contribution in [0, 0.1) is 0 Å². The summed E-state index contributed by atoms with van der Waals surface area (Å²) in [6.45, 7) is 4.07. The fourth-order valence-electron chi connectivity index (χ4n) is 4.41. The molecule has 2 fully saturated rings. The molecule has 5 rings (SSSR count). The first-order valence-electron chi connectivity index (χ1n) is 11.7. The molecule has 3 heterocycles. The Hall–Kier alpha value is -3.21. The van der Waals surface area contributed by atoms with Gasteiger partial charge in [-0.1, -0.05) is 0 Å². The second kappa shape index (κ2) is 9.21. The van der Waals surface area contributed by atoms with Crippen molar-refractivity contribution in [2.75, 3.05) is 12.4 Å². The van der Waals surface area contributed by atoms with E-state index in [4.69, 9.17) is 14.5 Å². The molecule has 0 aromatic carbocycles. The third kappa shape index (κ3) is 4.84. The van der Waals surface area contributed by atoms with Crippen LogP contribution in [0.15, 0.2) is 18.3 Å². The summed E-state index contributed by atoms with van der Waals surface area (Å²) in [5, 5.41) is 17.9. The fourth-order valence-corrected chi connectivity index (χ4v) is 4.41. The average Bonchev–Trinajstić information content (AvgIpc) is 3.21. The van der Waals surface area contributed by atoms with Gasteiger partial charge in [0.05, 0.1) is 24.2 Å². The van der Waals surface area contributed by atoms with Crippen LogP contribution in [0.5, 0.6) is 0 Å². The second-order valence-corrected chi connectivity index (χ2v) is 9.45. The van der Waals surface area contributed by atoms with Gasteiger partial charge in [0.2, 0.25) is 0 Å². The largest absolute Gasteiger partial charge is 0.443 e. The number of nitrogens with one attached hydrogen (secondary N) is 3. The Morgan fingerprint density at radius 2 is 2.12 bits per heavy atom. The Labute approximate surface area is 196 Å². The Kier molecular flexibility index (Phi) is 6.11. The van der Waals surface area contributed by atoms with Crippen LogP contribution in [-0.4, -0.2) is 56.3 Å². The molecule has 10 nitrogen and oxygen atoms in total. The van der Waals surface area contributed by atoms with E-state index in [9.17, 15) is 9.18 Å². The molecule has 3 atom stereocenters. The van der Waals surface area contributed by atoms with Crippen molar-refractivity contribution in [2.24, 2.45) is 0 Å². The van der Waals surface area contributed by atoms with Crippen molar-refractivity contribution in [3.63, 3.8) is 0 Å². The maximum Gasteiger partial charge on any atom is 0.407 e. The summed E-state index contributed by atoms with van der Waals surface area (Å²) in [6, 6.07) is 3.74. The second-order valence-electron chi connectivity index (χ2n) is 9.45. The summed E-state index contributed by atoms with van der Waals surface area (Å²) in [4.78, 5) is 16.7. The van der Waals surface area contributed by atoms with Crippen LogP contribution in [0.25, 0.3) is 5.52 Å². The highest BCUT2D eigenvalue weighted by molar-refractivity contribution is 5.73. The predicted molar refractivity (Wildman–Crippen MR) is 123 cm³/mol. The van der Waals surface area contributed by atoms with E-state index in [2.05, 4.69) is 25.9 Å². The van der Waals surface area contributed by atoms with Gasteiger partial charge >= 0.3 is 6.09 Å². The number of halogens is 1. The lowest BCUT2D eigenvalue weighted by atomic mass is 10.0. The number of methoxy groups -OCH3 is 1. The molecule has 34 heavy (non-hydrogen) atoms. The van der Waals surface area contributed by atoms with Gasteiger partial charge in [-0.05, 0) is 45.6 Å². The van der Waals surface area contributed by atoms with Crippen molar-refractivity contribution in [1.29, 1.82) is 0 Å². The zero-order valence-electron chi connectivity index (χ0n) is 19.5. The number of alkyl halides is 1. The van der Waals surface area contributed by atoms with Gasteiger partial charge in [0.25, 0.3) is 0 Å². The minimum Gasteiger partial charge on any atom is -0.443 e. The molecule has 2 aliphatic carbocycles. The number of rotatable bonds is 8. The lowest BCUT2D eigenvalue weighted by Gasteiger charge is -2.16. The van der Waals surface area contributed by atoms with Crippen LogP contribution in [0.3, 0.4) is 0 Å². The highest BCUT2D eigenvalue weighted by atomic mass is 19.1. The van der Waals surface area contributed by atoms with Crippen LogP contribution in [-0.2, 0) is 16.1 Å². The number of hydrogen-bond acceptors (Lipinski definition) is 7. The first-order chi connectivity index (χ1) is 16.4. The number of nitrogens with zero attached hydrogens (tertiary/aromatic N) is 4. The van der Waals surface area contributed by atoms with Gasteiger partial charge in [0, 0.05) is 36.7 Å². The third-order valence-electron chi connectivity index (χ3n) is 6.19. The first-order valence-corrected chi connectivity index (χ1v) is 11.7. The standard InChI is InChI=1S/C23H30FN7O3/c1-12(2)25-23(32)34-20-7-14(6-16(20)24)17-9-21(29-28-17)27-22-19-8-15(11-33-3)30-31(19)10-18(26-22)13-4-5-13/h8-10,12-14,16,20H,4-7,11H2,1-3H3,(H,25,32)(H2,26,27,28,29)/t14-,16+,20-/m0/s1. The molecule has 0 saturated heterocycles. The number of fused-ring (bicyclic) bond motifs is 1. The Morgan fingerprint density at radius 1 is 1.29 bits per heavy atom. The zero-order chi connectivity index (χ0) is 23.8. The summed E-state index contributed by atoms with van der Waals surface area (Å²) in [5.74, 6) is 1.59. The van der Waals surface area contributed by atoms with E-state index in [1.807, 2.05) is 36.7 Å². The van der Waals surface area contributed by atoms with E-state index in [0.29, 0.717) is 30.6 Å². The summed E-state index contributed by atoms with van der Waals surface area (Å²) in [6.07, 6.45) is 2.32. The molecule has 2 saturated carbocycles. The van der Waals surface area contributed by atoms with Gasteiger partial charge in [0.1, 0.15) is 17.8 Å². The summed E-state index contributed by atoms with van der Waals surface area (Å²) in [7, 11) is 1.64. The Morgan fingerprint density at radius 3 is 2.85 bits per heavy atom. The molecule has 1 amide bonds. The molecule has 3 N–H and O–H groups in total. The molecule has 0 bridgehead atoms. The van der Waals surface area contributed by atoms with Gasteiger partial charge in [-0.25, -0.2) is 18.7 Å². The number of alkyl carbamates (subject to hydrolysis) is 1. The summed E-state index contributed by atoms with van der Waals surface area (Å²) < 4.78 is 26.9. The highest BCUT2D eigenvalue weighted by Crippen LogP contribution is 2.40. The Bertz CT molecular complexity index is 1170. The van der Waals surface area contributed by atoms with Crippen LogP contribution >= 0.6 is 0 Å². The van der Waals surface area contributed by atoms with Crippen LogP contribution in [0.4, 0.5) is 20.8 Å². The minimum absolute atomic E-state index is 0.0659. The van der Waals surface area contributed by atoms with Gasteiger partial charge < -0.3 is 20.1 Å². The molecule has 3 aromatic rings. The lowest BCUT2D eigenvalue weighted by Crippen LogP contribution is -2.35. The van der Waals surface area contributed by atoms with Crippen LogP contribution in [0.2, 0.25) is 0 Å². The van der Waals surface area contributed by atoms with Gasteiger partial charge in [-0.3, -0.25) is 5.10 Å². The van der Waals surface area contributed by atoms with Crippen LogP contribution in [0.1, 0.15) is 68.4 Å². The van der Waals surface area contributed by atoms with Gasteiger partial charge in [-0.2, -0.15) is 10.2 Å². The molecule has 182 valence electrons. The number of H-pyrrole nitrogens is 1. The highest BCUT2D eigenvalue weighted by Gasteiger charge is 2.39. The first kappa shape index (κ1) is 22.6. The van der Waals surface area contributed by atoms with Crippen molar-refractivity contribution < 1.29 is 18.7 Å². The number of carbonyl (C=O) groups excluding carboxylic acids is 1. The molecule has 0 unspecified atom stereocenters. The number of hydrogen-bond donors (Lipinski definition) is 3. The number of ether oxygens (including phenoxy) is 2. The molecule has 2 aliphatic rings. The Balaban J connectivity index is 1.31. The monoisotopic (exact) mass is 471 g/mol. The summed E-state index contributed by atoms with van der Waals surface area (Å²) >= 11 is 0. The molecular formula is C23H30FN7O3. The number of carbonyl (C=O) groups is 1. The maximum absolute atomic E-state index is 14.6. The van der Waals surface area contributed by atoms with Crippen molar-refractivity contribution in [3.05, 3.63) is 35.4 Å². The molecule has 0 spiro atoms. The van der Waals surface area contributed by atoms with Crippen molar-refractivity contribution in [2.45, 2.75) is 76.3 Å². The van der Waals surface area contributed by atoms with Crippen molar-refractivity contribution >= 4 is 23.2 Å². The molecule has 0 radical (unpaired) electrons. The van der Waals surface area contributed by atoms with Gasteiger partial charge in [-0.15, -0.1) is 0 Å². The predicted octanol–water partition coefficient (Wildman–Crippen LogP) is 3.94. The van der Waals surface area contributed by atoms with E-state index in [-0.39, 0.29) is 18.4 Å². The van der Waals surface area contributed by atoms with Gasteiger partial charge in [0.15, 0.2) is 11.6 Å². The average molecular weight is 472 g/mol. The number of aromatic amines is 1. The smallest absolute Gasteiger partial charge is 0.407 e. The molecule has 3 aromatic heterocycles. The topological polar surface area (TPSA) is 118 Å². The van der Waals surface area contributed by atoms with E-state index >= 15 is 0 Å². The SMILES string of the molecule is COCc1cc2c(Nc3cc([C@H]4C[C@@H](F)[C@@H](OC(=O)NC(C)C)C4)[nH]n3)nc(C3CC3)cn2n1. The maximum atomic E-state index is 14.6. The number of amides is 1. The normalized spacial score (nSPS) is 22.4. The molecule has 0 aliphatic heterocycles. The summed E-state index contributed by atoms with van der Waals surface area (Å²) in [5.41, 5.74) is 3.43. The van der Waals surface area contributed by atoms with E-state index in [0.717, 1.165) is 35.4 Å². The van der Waals surface area contributed by atoms with Crippen molar-refractivity contribution in [3.8, 4) is 0 Å². The quantitative estimate of drug-likeness (QED) is 0.455. The lowest BCUT2D eigenvalue weighted by molar-refractivity contribution is 0.0593. The molecule has 11 heteroatoms. The molecular weight excluding hydrogens is 441 g/mol. The van der Waals surface area contributed by atoms with E-state index < -0.39 is 18.4 Å². The van der Waals surface area contributed by atoms with Crippen molar-refractivity contribution in [1.82, 2.24) is 30.1 Å². The van der Waals surface area contributed by atoms with E-state index in [1.54, 1.807) is 7.11 Å². The third-order valence-corrected chi connectivity index (χ3v) is 6.19. The number of aromatic nitrogens is 5. The number of anilines is 2. The minimum atomic E-state index is -1.22. The fraction of sp³-hybridized carbons (Fsp3) is 0.565. The zero-order valence-corrected chi connectivity index (χ0v) is 19.5. The van der Waals surface area contributed by atoms with E-state index in [1.165, 1.54) is 0 Å².